The highest BCUT2D eigenvalue weighted by Gasteiger charge is 2.18. The Labute approximate surface area is 116 Å². The predicted octanol–water partition coefficient (Wildman–Crippen LogP) is 1.65. The summed E-state index contributed by atoms with van der Waals surface area (Å²) in [6, 6.07) is 6.75. The van der Waals surface area contributed by atoms with Crippen molar-refractivity contribution in [2.24, 2.45) is 0 Å². The van der Waals surface area contributed by atoms with E-state index in [1.807, 2.05) is 31.2 Å². The molecule has 0 fully saturated rings. The molecular formula is C14H17N3O3. The second-order valence-electron chi connectivity index (χ2n) is 4.87. The zero-order valence-corrected chi connectivity index (χ0v) is 11.4. The first-order valence-corrected chi connectivity index (χ1v) is 6.44. The number of aromatic nitrogens is 2. The van der Waals surface area contributed by atoms with E-state index in [4.69, 9.17) is 5.11 Å². The maximum atomic E-state index is 11.7. The van der Waals surface area contributed by atoms with Crippen molar-refractivity contribution >= 4 is 22.9 Å². The molecular weight excluding hydrogens is 258 g/mol. The Bertz CT molecular complexity index is 602. The average molecular weight is 275 g/mol. The van der Waals surface area contributed by atoms with Crippen molar-refractivity contribution in [2.75, 3.05) is 0 Å². The van der Waals surface area contributed by atoms with E-state index in [2.05, 4.69) is 15.3 Å². The van der Waals surface area contributed by atoms with Gasteiger partial charge in [0, 0.05) is 12.3 Å². The van der Waals surface area contributed by atoms with Crippen LogP contribution in [0.4, 0.5) is 0 Å². The second-order valence-corrected chi connectivity index (χ2v) is 4.87. The Morgan fingerprint density at radius 3 is 2.70 bits per heavy atom. The molecule has 0 saturated carbocycles. The molecule has 0 saturated heterocycles. The lowest BCUT2D eigenvalue weighted by Gasteiger charge is -2.11. The van der Waals surface area contributed by atoms with Crippen LogP contribution < -0.4 is 5.32 Å². The van der Waals surface area contributed by atoms with E-state index in [1.54, 1.807) is 0 Å². The maximum Gasteiger partial charge on any atom is 0.325 e. The van der Waals surface area contributed by atoms with Gasteiger partial charge < -0.3 is 15.4 Å². The van der Waals surface area contributed by atoms with Gasteiger partial charge >= 0.3 is 5.97 Å². The molecule has 3 N–H and O–H groups in total. The van der Waals surface area contributed by atoms with E-state index >= 15 is 0 Å². The van der Waals surface area contributed by atoms with Gasteiger partial charge in [-0.25, -0.2) is 4.98 Å². The van der Waals surface area contributed by atoms with Crippen molar-refractivity contribution in [1.29, 1.82) is 0 Å². The molecule has 0 aliphatic carbocycles. The molecule has 2 aromatic rings. The second kappa shape index (κ2) is 5.73. The monoisotopic (exact) mass is 275 g/mol. The summed E-state index contributed by atoms with van der Waals surface area (Å²) >= 11 is 0. The van der Waals surface area contributed by atoms with E-state index < -0.39 is 12.0 Å². The van der Waals surface area contributed by atoms with Gasteiger partial charge in [-0.05, 0) is 19.1 Å². The number of H-pyrrole nitrogens is 1. The van der Waals surface area contributed by atoms with Gasteiger partial charge in [0.15, 0.2) is 0 Å². The number of carboxylic acid groups (broad SMARTS) is 1. The molecule has 1 aromatic carbocycles. The number of aromatic amines is 1. The summed E-state index contributed by atoms with van der Waals surface area (Å²) in [6.45, 7) is 3.31. The Morgan fingerprint density at radius 2 is 2.05 bits per heavy atom. The van der Waals surface area contributed by atoms with Crippen LogP contribution in [0.1, 0.15) is 32.0 Å². The lowest BCUT2D eigenvalue weighted by Crippen LogP contribution is -2.38. The van der Waals surface area contributed by atoms with E-state index in [0.29, 0.717) is 0 Å². The summed E-state index contributed by atoms with van der Waals surface area (Å²) in [5.74, 6) is -0.727. The molecule has 0 bridgehead atoms. The van der Waals surface area contributed by atoms with Crippen LogP contribution in [-0.2, 0) is 9.59 Å². The maximum absolute atomic E-state index is 11.7. The summed E-state index contributed by atoms with van der Waals surface area (Å²) in [6.07, 6.45) is 0.192. The van der Waals surface area contributed by atoms with Gasteiger partial charge in [0.2, 0.25) is 5.91 Å². The van der Waals surface area contributed by atoms with Crippen LogP contribution in [0.3, 0.4) is 0 Å². The minimum Gasteiger partial charge on any atom is -0.480 e. The van der Waals surface area contributed by atoms with Crippen molar-refractivity contribution < 1.29 is 14.7 Å². The molecule has 6 nitrogen and oxygen atoms in total. The molecule has 106 valence electrons. The van der Waals surface area contributed by atoms with Gasteiger partial charge in [0.1, 0.15) is 11.9 Å². The topological polar surface area (TPSA) is 95.1 Å². The van der Waals surface area contributed by atoms with Gasteiger partial charge in [-0.2, -0.15) is 0 Å². The molecule has 0 aliphatic heterocycles. The van der Waals surface area contributed by atoms with Crippen LogP contribution in [0.2, 0.25) is 0 Å². The van der Waals surface area contributed by atoms with Crippen molar-refractivity contribution in [1.82, 2.24) is 15.3 Å². The molecule has 2 atom stereocenters. The zero-order chi connectivity index (χ0) is 14.7. The Kier molecular flexibility index (Phi) is 4.02. The minimum atomic E-state index is -1.05. The van der Waals surface area contributed by atoms with Gasteiger partial charge in [0.05, 0.1) is 11.0 Å². The van der Waals surface area contributed by atoms with Crippen LogP contribution in [-0.4, -0.2) is 33.0 Å². The average Bonchev–Trinajstić information content (AvgIpc) is 2.82. The van der Waals surface area contributed by atoms with Crippen molar-refractivity contribution in [3.05, 3.63) is 30.1 Å². The van der Waals surface area contributed by atoms with Crippen molar-refractivity contribution in [3.8, 4) is 0 Å². The Balaban J connectivity index is 2.02. The minimum absolute atomic E-state index is 0.108. The number of para-hydroxylation sites is 2. The molecule has 20 heavy (non-hydrogen) atoms. The molecule has 2 rings (SSSR count). The standard InChI is InChI=1S/C14H17N3O3/c1-8(7-12(18)15-9(2)14(19)20)13-16-10-5-3-4-6-11(10)17-13/h3-6,8-9H,7H2,1-2H3,(H,15,18)(H,16,17)(H,19,20)/t8?,9-/m1/s1. The van der Waals surface area contributed by atoms with Gasteiger partial charge in [0.25, 0.3) is 0 Å². The summed E-state index contributed by atoms with van der Waals surface area (Å²) in [5.41, 5.74) is 1.78. The number of rotatable bonds is 5. The molecule has 0 radical (unpaired) electrons. The third kappa shape index (κ3) is 3.14. The van der Waals surface area contributed by atoms with E-state index in [9.17, 15) is 9.59 Å². The first kappa shape index (κ1) is 14.0. The van der Waals surface area contributed by atoms with Crippen LogP contribution in [0.15, 0.2) is 24.3 Å². The number of nitrogens with one attached hydrogen (secondary N) is 2. The number of hydrogen-bond acceptors (Lipinski definition) is 3. The number of nitrogens with zero attached hydrogens (tertiary/aromatic N) is 1. The van der Waals surface area contributed by atoms with Gasteiger partial charge in [-0.1, -0.05) is 19.1 Å². The largest absolute Gasteiger partial charge is 0.480 e. The van der Waals surface area contributed by atoms with Gasteiger partial charge in [-0.15, -0.1) is 0 Å². The van der Waals surface area contributed by atoms with Gasteiger partial charge in [-0.3, -0.25) is 9.59 Å². The number of benzene rings is 1. The normalized spacial score (nSPS) is 13.9. The first-order valence-electron chi connectivity index (χ1n) is 6.44. The number of aliphatic carboxylic acids is 1. The van der Waals surface area contributed by atoms with Crippen molar-refractivity contribution in [3.63, 3.8) is 0 Å². The summed E-state index contributed by atoms with van der Waals surface area (Å²) in [5, 5.41) is 11.2. The highest BCUT2D eigenvalue weighted by molar-refractivity contribution is 5.83. The van der Waals surface area contributed by atoms with Crippen LogP contribution in [0, 0.1) is 0 Å². The number of imidazole rings is 1. The molecule has 1 aromatic heterocycles. The fourth-order valence-electron chi connectivity index (χ4n) is 1.94. The number of carboxylic acids is 1. The molecule has 0 spiro atoms. The first-order chi connectivity index (χ1) is 9.47. The number of hydrogen-bond donors (Lipinski definition) is 3. The van der Waals surface area contributed by atoms with Crippen molar-refractivity contribution in [2.45, 2.75) is 32.2 Å². The SMILES string of the molecule is CC(CC(=O)N[C@H](C)C(=O)O)c1nc2ccccc2[nH]1. The van der Waals surface area contributed by atoms with E-state index in [-0.39, 0.29) is 18.2 Å². The molecule has 1 unspecified atom stereocenters. The zero-order valence-electron chi connectivity index (χ0n) is 11.4. The summed E-state index contributed by atoms with van der Waals surface area (Å²) in [7, 11) is 0. The summed E-state index contributed by atoms with van der Waals surface area (Å²) in [4.78, 5) is 30.0. The third-order valence-electron chi connectivity index (χ3n) is 3.11. The lowest BCUT2D eigenvalue weighted by molar-refractivity contribution is -0.141. The molecule has 6 heteroatoms. The fraction of sp³-hybridized carbons (Fsp3) is 0.357. The van der Waals surface area contributed by atoms with Crippen LogP contribution in [0.5, 0.6) is 0 Å². The number of fused-ring (bicyclic) bond motifs is 1. The highest BCUT2D eigenvalue weighted by Crippen LogP contribution is 2.19. The smallest absolute Gasteiger partial charge is 0.325 e. The third-order valence-corrected chi connectivity index (χ3v) is 3.11. The number of carbonyl (C=O) groups excluding carboxylic acids is 1. The number of carbonyl (C=O) groups is 2. The Morgan fingerprint density at radius 1 is 1.35 bits per heavy atom. The van der Waals surface area contributed by atoms with E-state index in [0.717, 1.165) is 16.9 Å². The van der Waals surface area contributed by atoms with Crippen LogP contribution in [0.25, 0.3) is 11.0 Å². The van der Waals surface area contributed by atoms with E-state index in [1.165, 1.54) is 6.92 Å². The number of amides is 1. The highest BCUT2D eigenvalue weighted by atomic mass is 16.4. The fourth-order valence-corrected chi connectivity index (χ4v) is 1.94. The molecule has 0 aliphatic rings. The quantitative estimate of drug-likeness (QED) is 0.773. The predicted molar refractivity (Wildman–Crippen MR) is 74.4 cm³/mol. The molecule has 1 amide bonds. The Hall–Kier alpha value is -2.37. The van der Waals surface area contributed by atoms with Crippen LogP contribution >= 0.6 is 0 Å². The lowest BCUT2D eigenvalue weighted by atomic mass is 10.1. The molecule has 1 heterocycles. The summed E-state index contributed by atoms with van der Waals surface area (Å²) < 4.78 is 0.